The van der Waals surface area contributed by atoms with E-state index in [0.29, 0.717) is 6.54 Å². The molecule has 1 saturated heterocycles. The lowest BCUT2D eigenvalue weighted by molar-refractivity contribution is 0.519. The van der Waals surface area contributed by atoms with Crippen LogP contribution < -0.4 is 5.32 Å². The second-order valence-corrected chi connectivity index (χ2v) is 11.1. The lowest BCUT2D eigenvalue weighted by Crippen LogP contribution is -2.43. The van der Waals surface area contributed by atoms with E-state index in [0.717, 1.165) is 25.0 Å². The van der Waals surface area contributed by atoms with Gasteiger partial charge in [-0.2, -0.15) is 0 Å². The monoisotopic (exact) mass is 411 g/mol. The van der Waals surface area contributed by atoms with Crippen LogP contribution in [0, 0.1) is 5.82 Å². The number of sulfone groups is 2. The second kappa shape index (κ2) is 8.08. The largest absolute Gasteiger partial charge is 0.312 e. The van der Waals surface area contributed by atoms with E-state index in [9.17, 15) is 21.2 Å². The average Bonchev–Trinajstić information content (AvgIpc) is 2.95. The number of hydrogen-bond donors (Lipinski definition) is 1. The van der Waals surface area contributed by atoms with Gasteiger partial charge in [0.15, 0.2) is 19.7 Å². The molecule has 2 aromatic rings. The summed E-state index contributed by atoms with van der Waals surface area (Å²) in [6.07, 6.45) is 1.59. The van der Waals surface area contributed by atoms with Gasteiger partial charge in [0.25, 0.3) is 0 Å². The van der Waals surface area contributed by atoms with Gasteiger partial charge in [-0.3, -0.25) is 0 Å². The first-order chi connectivity index (χ1) is 12.8. The van der Waals surface area contributed by atoms with E-state index in [1.807, 2.05) is 30.3 Å². The number of benzene rings is 2. The minimum Gasteiger partial charge on any atom is -0.312 e. The Morgan fingerprint density at radius 2 is 1.67 bits per heavy atom. The SMILES string of the molecule is O=S1(=O)C[C@H](NCCCc2ccccc2)[C@@H](S(=O)(=O)c2ccc(F)cc2)C1. The Morgan fingerprint density at radius 1 is 1.00 bits per heavy atom. The summed E-state index contributed by atoms with van der Waals surface area (Å²) in [6, 6.07) is 13.7. The molecule has 0 aliphatic carbocycles. The third-order valence-electron chi connectivity index (χ3n) is 4.73. The molecule has 1 heterocycles. The molecule has 27 heavy (non-hydrogen) atoms. The van der Waals surface area contributed by atoms with Crippen LogP contribution >= 0.6 is 0 Å². The number of aryl methyl sites for hydroxylation is 1. The average molecular weight is 412 g/mol. The highest BCUT2D eigenvalue weighted by Crippen LogP contribution is 2.26. The van der Waals surface area contributed by atoms with Gasteiger partial charge in [0.1, 0.15) is 5.82 Å². The third-order valence-corrected chi connectivity index (χ3v) is 8.90. The summed E-state index contributed by atoms with van der Waals surface area (Å²) in [5.41, 5.74) is 1.17. The van der Waals surface area contributed by atoms with E-state index in [1.165, 1.54) is 17.7 Å². The lowest BCUT2D eigenvalue weighted by atomic mass is 10.1. The fraction of sp³-hybridized carbons (Fsp3) is 0.368. The molecular formula is C19H22FNO4S2. The predicted molar refractivity (Wildman–Crippen MR) is 103 cm³/mol. The zero-order valence-electron chi connectivity index (χ0n) is 14.7. The molecule has 8 heteroatoms. The van der Waals surface area contributed by atoms with Crippen LogP contribution in [0.5, 0.6) is 0 Å². The molecule has 0 saturated carbocycles. The normalized spacial score (nSPS) is 22.0. The molecule has 2 atom stereocenters. The third kappa shape index (κ3) is 4.94. The number of halogens is 1. The quantitative estimate of drug-likeness (QED) is 0.557. The molecule has 0 amide bonds. The van der Waals surface area contributed by atoms with Gasteiger partial charge in [0, 0.05) is 6.04 Å². The molecule has 1 aliphatic heterocycles. The Hall–Kier alpha value is -1.77. The van der Waals surface area contributed by atoms with Gasteiger partial charge < -0.3 is 5.32 Å². The van der Waals surface area contributed by atoms with Crippen molar-refractivity contribution in [3.63, 3.8) is 0 Å². The summed E-state index contributed by atoms with van der Waals surface area (Å²) in [6.45, 7) is 0.518. The van der Waals surface area contributed by atoms with Crippen LogP contribution in [-0.4, -0.2) is 46.2 Å². The van der Waals surface area contributed by atoms with Crippen molar-refractivity contribution in [1.29, 1.82) is 0 Å². The van der Waals surface area contributed by atoms with Crippen molar-refractivity contribution in [2.75, 3.05) is 18.1 Å². The van der Waals surface area contributed by atoms with Gasteiger partial charge in [0.2, 0.25) is 0 Å². The molecule has 0 unspecified atom stereocenters. The Labute approximate surface area is 159 Å². The summed E-state index contributed by atoms with van der Waals surface area (Å²) in [4.78, 5) is -0.0536. The first-order valence-corrected chi connectivity index (χ1v) is 12.1. The van der Waals surface area contributed by atoms with Crippen LogP contribution in [0.2, 0.25) is 0 Å². The molecule has 0 spiro atoms. The first kappa shape index (κ1) is 20.0. The van der Waals surface area contributed by atoms with Crippen molar-refractivity contribution in [3.05, 3.63) is 66.0 Å². The van der Waals surface area contributed by atoms with E-state index >= 15 is 0 Å². The highest BCUT2D eigenvalue weighted by molar-refractivity contribution is 7.96. The molecule has 0 bridgehead atoms. The fourth-order valence-electron chi connectivity index (χ4n) is 3.34. The molecule has 5 nitrogen and oxygen atoms in total. The number of nitrogens with one attached hydrogen (secondary N) is 1. The molecule has 2 aromatic carbocycles. The molecule has 3 rings (SSSR count). The maximum absolute atomic E-state index is 13.1. The molecule has 0 radical (unpaired) electrons. The Bertz CT molecular complexity index is 974. The van der Waals surface area contributed by atoms with Gasteiger partial charge in [-0.05, 0) is 49.2 Å². The maximum atomic E-state index is 13.1. The van der Waals surface area contributed by atoms with Crippen molar-refractivity contribution in [2.45, 2.75) is 29.0 Å². The van der Waals surface area contributed by atoms with Crippen molar-refractivity contribution >= 4 is 19.7 Å². The van der Waals surface area contributed by atoms with Gasteiger partial charge in [0.05, 0.1) is 21.7 Å². The van der Waals surface area contributed by atoms with E-state index in [-0.39, 0.29) is 10.6 Å². The number of rotatable bonds is 7. The van der Waals surface area contributed by atoms with Crippen LogP contribution in [-0.2, 0) is 26.1 Å². The van der Waals surface area contributed by atoms with Gasteiger partial charge in [-0.15, -0.1) is 0 Å². The highest BCUT2D eigenvalue weighted by atomic mass is 32.2. The van der Waals surface area contributed by atoms with E-state index in [4.69, 9.17) is 0 Å². The molecule has 0 aromatic heterocycles. The summed E-state index contributed by atoms with van der Waals surface area (Å²) in [7, 11) is -7.32. The molecule has 146 valence electrons. The fourth-order valence-corrected chi connectivity index (χ4v) is 8.05. The standard InChI is InChI=1S/C19H22FNO4S2/c20-16-8-10-17(11-9-16)27(24,25)19-14-26(22,23)13-18(19)21-12-4-7-15-5-2-1-3-6-15/h1-3,5-6,8-11,18-19,21H,4,7,12-14H2/t18-,19-/m0/s1. The van der Waals surface area contributed by atoms with Crippen molar-refractivity contribution in [2.24, 2.45) is 0 Å². The van der Waals surface area contributed by atoms with Crippen LogP contribution in [0.4, 0.5) is 4.39 Å². The summed E-state index contributed by atoms with van der Waals surface area (Å²) >= 11 is 0. The van der Waals surface area contributed by atoms with E-state index in [1.54, 1.807) is 0 Å². The van der Waals surface area contributed by atoms with Crippen molar-refractivity contribution in [1.82, 2.24) is 5.32 Å². The van der Waals surface area contributed by atoms with Crippen LogP contribution in [0.3, 0.4) is 0 Å². The smallest absolute Gasteiger partial charge is 0.183 e. The van der Waals surface area contributed by atoms with Crippen molar-refractivity contribution < 1.29 is 21.2 Å². The molecular weight excluding hydrogens is 389 g/mol. The van der Waals surface area contributed by atoms with Crippen LogP contribution in [0.1, 0.15) is 12.0 Å². The minimum absolute atomic E-state index is 0.0536. The Balaban J connectivity index is 1.68. The molecule has 1 N–H and O–H groups in total. The Kier molecular flexibility index (Phi) is 5.98. The summed E-state index contributed by atoms with van der Waals surface area (Å²) in [5, 5.41) is 2.05. The lowest BCUT2D eigenvalue weighted by Gasteiger charge is -2.20. The first-order valence-electron chi connectivity index (χ1n) is 8.75. The summed E-state index contributed by atoms with van der Waals surface area (Å²) < 4.78 is 63.0. The van der Waals surface area contributed by atoms with Gasteiger partial charge >= 0.3 is 0 Å². The summed E-state index contributed by atoms with van der Waals surface area (Å²) in [5.74, 6) is -1.16. The van der Waals surface area contributed by atoms with Crippen LogP contribution in [0.15, 0.2) is 59.5 Å². The Morgan fingerprint density at radius 3 is 2.33 bits per heavy atom. The molecule has 1 fully saturated rings. The zero-order valence-corrected chi connectivity index (χ0v) is 16.3. The van der Waals surface area contributed by atoms with Gasteiger partial charge in [-0.1, -0.05) is 30.3 Å². The maximum Gasteiger partial charge on any atom is 0.183 e. The van der Waals surface area contributed by atoms with E-state index in [2.05, 4.69) is 5.32 Å². The van der Waals surface area contributed by atoms with Gasteiger partial charge in [-0.25, -0.2) is 21.2 Å². The minimum atomic E-state index is -3.87. The van der Waals surface area contributed by atoms with E-state index < -0.39 is 42.5 Å². The topological polar surface area (TPSA) is 80.3 Å². The highest BCUT2D eigenvalue weighted by Gasteiger charge is 2.45. The predicted octanol–water partition coefficient (Wildman–Crippen LogP) is 1.99. The zero-order chi connectivity index (χ0) is 19.5. The van der Waals surface area contributed by atoms with Crippen LogP contribution in [0.25, 0.3) is 0 Å². The second-order valence-electron chi connectivity index (χ2n) is 6.76. The molecule has 1 aliphatic rings. The van der Waals surface area contributed by atoms with Crippen molar-refractivity contribution in [3.8, 4) is 0 Å². The number of hydrogen-bond acceptors (Lipinski definition) is 5.